The predicted octanol–water partition coefficient (Wildman–Crippen LogP) is 5.20. The Morgan fingerprint density at radius 3 is 2.36 bits per heavy atom. The first kappa shape index (κ1) is 26.7. The van der Waals surface area contributed by atoms with E-state index in [0.29, 0.717) is 17.2 Å². The second kappa shape index (κ2) is 13.2. The molecule has 0 unspecified atom stereocenters. The number of thioether (sulfide) groups is 1. The van der Waals surface area contributed by atoms with E-state index in [1.807, 2.05) is 39.0 Å². The van der Waals surface area contributed by atoms with Gasteiger partial charge in [0, 0.05) is 35.5 Å². The molecule has 0 aliphatic carbocycles. The summed E-state index contributed by atoms with van der Waals surface area (Å²) in [6, 6.07) is 13.0. The van der Waals surface area contributed by atoms with E-state index < -0.39 is 11.0 Å². The number of benzene rings is 2. The maximum atomic E-state index is 13.2. The Kier molecular flexibility index (Phi) is 10.7. The number of hydrogen-bond acceptors (Lipinski definition) is 5. The first-order chi connectivity index (χ1) is 15.8. The number of rotatable bonds is 12. The van der Waals surface area contributed by atoms with Gasteiger partial charge in [-0.15, -0.1) is 11.8 Å². The maximum absolute atomic E-state index is 13.2. The van der Waals surface area contributed by atoms with Crippen molar-refractivity contribution in [3.05, 3.63) is 74.8 Å². The number of carbonyl (C=O) groups excluding carboxylic acids is 2. The molecule has 0 aliphatic rings. The summed E-state index contributed by atoms with van der Waals surface area (Å²) < 4.78 is 0. The smallest absolute Gasteiger partial charge is 0.269 e. The molecule has 0 fully saturated rings. The summed E-state index contributed by atoms with van der Waals surface area (Å²) in [4.78, 5) is 38.2. The van der Waals surface area contributed by atoms with Gasteiger partial charge in [0.15, 0.2) is 0 Å². The molecule has 0 saturated heterocycles. The van der Waals surface area contributed by atoms with Gasteiger partial charge in [-0.1, -0.05) is 55.8 Å². The fourth-order valence-electron chi connectivity index (χ4n) is 3.22. The number of amides is 2. The van der Waals surface area contributed by atoms with Gasteiger partial charge in [-0.2, -0.15) is 0 Å². The van der Waals surface area contributed by atoms with Gasteiger partial charge in [0.2, 0.25) is 11.8 Å². The lowest BCUT2D eigenvalue weighted by molar-refractivity contribution is -0.384. The van der Waals surface area contributed by atoms with Gasteiger partial charge in [0.05, 0.1) is 10.7 Å². The summed E-state index contributed by atoms with van der Waals surface area (Å²) in [6.07, 6.45) is 1.28. The molecule has 2 aromatic carbocycles. The first-order valence-corrected chi connectivity index (χ1v) is 12.4. The summed E-state index contributed by atoms with van der Waals surface area (Å²) in [5.74, 6) is 0.370. The molecule has 0 aromatic heterocycles. The van der Waals surface area contributed by atoms with E-state index in [2.05, 4.69) is 5.32 Å². The van der Waals surface area contributed by atoms with E-state index in [9.17, 15) is 19.7 Å². The van der Waals surface area contributed by atoms with Crippen LogP contribution in [-0.2, 0) is 21.9 Å². The largest absolute Gasteiger partial charge is 0.352 e. The lowest BCUT2D eigenvalue weighted by Gasteiger charge is -2.31. The van der Waals surface area contributed by atoms with Gasteiger partial charge in [-0.25, -0.2) is 0 Å². The van der Waals surface area contributed by atoms with E-state index >= 15 is 0 Å². The summed E-state index contributed by atoms with van der Waals surface area (Å²) in [6.45, 7) is 6.05. The van der Waals surface area contributed by atoms with Crippen LogP contribution in [0.3, 0.4) is 0 Å². The van der Waals surface area contributed by atoms with Crippen molar-refractivity contribution in [1.29, 1.82) is 0 Å². The fourth-order valence-corrected chi connectivity index (χ4v) is 4.29. The highest BCUT2D eigenvalue weighted by molar-refractivity contribution is 7.99. The SMILES string of the molecule is CC[C@H](C(=O)N[C@@H](C)CC)N(Cc1ccccc1Cl)C(=O)CSCc1ccc([N+](=O)[O-])cc1. The van der Waals surface area contributed by atoms with Crippen LogP contribution in [0.4, 0.5) is 5.69 Å². The molecule has 0 heterocycles. The summed E-state index contributed by atoms with van der Waals surface area (Å²) in [7, 11) is 0. The van der Waals surface area contributed by atoms with Crippen LogP contribution in [0, 0.1) is 10.1 Å². The van der Waals surface area contributed by atoms with Crippen molar-refractivity contribution >= 4 is 40.9 Å². The van der Waals surface area contributed by atoms with Gasteiger partial charge in [0.25, 0.3) is 5.69 Å². The number of nitrogens with zero attached hydrogens (tertiary/aromatic N) is 2. The Labute approximate surface area is 204 Å². The molecule has 2 rings (SSSR count). The van der Waals surface area contributed by atoms with Crippen molar-refractivity contribution in [1.82, 2.24) is 10.2 Å². The number of non-ortho nitro benzene ring substituents is 1. The third-order valence-corrected chi connectivity index (χ3v) is 6.68. The summed E-state index contributed by atoms with van der Waals surface area (Å²) in [5.41, 5.74) is 1.70. The minimum Gasteiger partial charge on any atom is -0.352 e. The van der Waals surface area contributed by atoms with E-state index in [1.54, 1.807) is 23.1 Å². The summed E-state index contributed by atoms with van der Waals surface area (Å²) in [5, 5.41) is 14.3. The van der Waals surface area contributed by atoms with Crippen molar-refractivity contribution in [3.8, 4) is 0 Å². The molecule has 2 aromatic rings. The highest BCUT2D eigenvalue weighted by atomic mass is 35.5. The maximum Gasteiger partial charge on any atom is 0.269 e. The average Bonchev–Trinajstić information content (AvgIpc) is 2.80. The van der Waals surface area contributed by atoms with Gasteiger partial charge in [0.1, 0.15) is 6.04 Å². The molecule has 0 radical (unpaired) electrons. The van der Waals surface area contributed by atoms with Crippen LogP contribution in [-0.4, -0.2) is 39.5 Å². The Morgan fingerprint density at radius 1 is 1.12 bits per heavy atom. The van der Waals surface area contributed by atoms with Crippen LogP contribution < -0.4 is 5.32 Å². The van der Waals surface area contributed by atoms with Crippen molar-refractivity contribution < 1.29 is 14.5 Å². The van der Waals surface area contributed by atoms with Crippen molar-refractivity contribution in [3.63, 3.8) is 0 Å². The molecule has 2 atom stereocenters. The molecule has 7 nitrogen and oxygen atoms in total. The fraction of sp³-hybridized carbons (Fsp3) is 0.417. The normalized spacial score (nSPS) is 12.6. The molecule has 0 saturated carbocycles. The Morgan fingerprint density at radius 2 is 1.79 bits per heavy atom. The zero-order chi connectivity index (χ0) is 24.4. The number of nitro groups is 1. The van der Waals surface area contributed by atoms with E-state index in [0.717, 1.165) is 17.5 Å². The third-order valence-electron chi connectivity index (χ3n) is 5.33. The average molecular weight is 492 g/mol. The predicted molar refractivity (Wildman–Crippen MR) is 133 cm³/mol. The van der Waals surface area contributed by atoms with Crippen LogP contribution in [0.1, 0.15) is 44.7 Å². The topological polar surface area (TPSA) is 92.6 Å². The molecule has 1 N–H and O–H groups in total. The van der Waals surface area contributed by atoms with Crippen LogP contribution in [0.2, 0.25) is 5.02 Å². The Hall–Kier alpha value is -2.58. The second-order valence-electron chi connectivity index (χ2n) is 7.77. The van der Waals surface area contributed by atoms with Crippen molar-refractivity contribution in [2.45, 2.75) is 58.0 Å². The lowest BCUT2D eigenvalue weighted by Crippen LogP contribution is -2.51. The minimum absolute atomic E-state index is 0.0142. The molecule has 0 aliphatic heterocycles. The third kappa shape index (κ3) is 8.05. The first-order valence-electron chi connectivity index (χ1n) is 10.9. The quantitative estimate of drug-likeness (QED) is 0.325. The Bertz CT molecular complexity index is 955. The number of nitro benzene ring substituents is 1. The van der Waals surface area contributed by atoms with Gasteiger partial charge in [-0.05, 0) is 37.0 Å². The molecule has 178 valence electrons. The number of nitrogens with one attached hydrogen (secondary N) is 1. The molecule has 0 bridgehead atoms. The van der Waals surface area contributed by atoms with Crippen LogP contribution >= 0.6 is 23.4 Å². The highest BCUT2D eigenvalue weighted by Gasteiger charge is 2.29. The number of hydrogen-bond donors (Lipinski definition) is 1. The number of halogens is 1. The number of carbonyl (C=O) groups is 2. The van der Waals surface area contributed by atoms with E-state index in [1.165, 1.54) is 23.9 Å². The van der Waals surface area contributed by atoms with E-state index in [4.69, 9.17) is 11.6 Å². The lowest BCUT2D eigenvalue weighted by atomic mass is 10.1. The minimum atomic E-state index is -0.609. The monoisotopic (exact) mass is 491 g/mol. The van der Waals surface area contributed by atoms with Crippen LogP contribution in [0.15, 0.2) is 48.5 Å². The van der Waals surface area contributed by atoms with Gasteiger partial charge >= 0.3 is 0 Å². The molecular formula is C24H30ClN3O4S. The van der Waals surface area contributed by atoms with Crippen molar-refractivity contribution in [2.24, 2.45) is 0 Å². The highest BCUT2D eigenvalue weighted by Crippen LogP contribution is 2.22. The van der Waals surface area contributed by atoms with Crippen molar-refractivity contribution in [2.75, 3.05) is 5.75 Å². The van der Waals surface area contributed by atoms with Crippen LogP contribution in [0.25, 0.3) is 0 Å². The standard InChI is InChI=1S/C24H30ClN3O4S/c1-4-17(3)26-24(30)22(5-2)27(14-19-8-6-7-9-21(19)25)23(29)16-33-15-18-10-12-20(13-11-18)28(31)32/h6-13,17,22H,4-5,14-16H2,1-3H3,(H,26,30)/t17-,22+/m0/s1. The molecular weight excluding hydrogens is 462 g/mol. The molecule has 0 spiro atoms. The zero-order valence-electron chi connectivity index (χ0n) is 19.1. The molecule has 33 heavy (non-hydrogen) atoms. The molecule has 9 heteroatoms. The molecule has 2 amide bonds. The zero-order valence-corrected chi connectivity index (χ0v) is 20.7. The second-order valence-corrected chi connectivity index (χ2v) is 9.16. The summed E-state index contributed by atoms with van der Waals surface area (Å²) >= 11 is 7.74. The van der Waals surface area contributed by atoms with E-state index in [-0.39, 0.29) is 35.8 Å². The Balaban J connectivity index is 2.13. The van der Waals surface area contributed by atoms with Crippen LogP contribution in [0.5, 0.6) is 0 Å². The van der Waals surface area contributed by atoms with Gasteiger partial charge in [-0.3, -0.25) is 19.7 Å². The van der Waals surface area contributed by atoms with Gasteiger partial charge < -0.3 is 10.2 Å².